The molecule has 0 unspecified atom stereocenters. The number of piperidine rings is 1. The van der Waals surface area contributed by atoms with E-state index in [0.29, 0.717) is 0 Å². The SMILES string of the molecule is CCOC[C@H]1CCCN(CCCN)C1. The fourth-order valence-electron chi connectivity index (χ4n) is 2.09. The Kier molecular flexibility index (Phi) is 6.15. The van der Waals surface area contributed by atoms with Gasteiger partial charge in [-0.15, -0.1) is 0 Å². The molecule has 1 aliphatic heterocycles. The highest BCUT2D eigenvalue weighted by atomic mass is 16.5. The van der Waals surface area contributed by atoms with Gasteiger partial charge in [0.25, 0.3) is 0 Å². The van der Waals surface area contributed by atoms with Gasteiger partial charge in [0, 0.05) is 13.2 Å². The Balaban J connectivity index is 2.14. The topological polar surface area (TPSA) is 38.5 Å². The predicted molar refractivity (Wildman–Crippen MR) is 59.3 cm³/mol. The van der Waals surface area contributed by atoms with Gasteiger partial charge in [-0.3, -0.25) is 0 Å². The Labute approximate surface area is 87.6 Å². The van der Waals surface area contributed by atoms with Crippen molar-refractivity contribution < 1.29 is 4.74 Å². The molecular weight excluding hydrogens is 176 g/mol. The number of rotatable bonds is 6. The summed E-state index contributed by atoms with van der Waals surface area (Å²) in [5.41, 5.74) is 5.51. The van der Waals surface area contributed by atoms with Gasteiger partial charge in [-0.05, 0) is 51.7 Å². The Morgan fingerprint density at radius 3 is 3.07 bits per heavy atom. The third-order valence-corrected chi connectivity index (χ3v) is 2.84. The van der Waals surface area contributed by atoms with Gasteiger partial charge >= 0.3 is 0 Å². The van der Waals surface area contributed by atoms with Crippen molar-refractivity contribution in [2.75, 3.05) is 39.4 Å². The smallest absolute Gasteiger partial charge is 0.0506 e. The van der Waals surface area contributed by atoms with Gasteiger partial charge in [0.15, 0.2) is 0 Å². The van der Waals surface area contributed by atoms with E-state index < -0.39 is 0 Å². The molecule has 0 aromatic carbocycles. The van der Waals surface area contributed by atoms with E-state index in [9.17, 15) is 0 Å². The quantitative estimate of drug-likeness (QED) is 0.697. The first-order valence-corrected chi connectivity index (χ1v) is 5.87. The minimum Gasteiger partial charge on any atom is -0.381 e. The summed E-state index contributed by atoms with van der Waals surface area (Å²) in [5.74, 6) is 0.751. The van der Waals surface area contributed by atoms with E-state index in [4.69, 9.17) is 10.5 Å². The second-order valence-corrected chi connectivity index (χ2v) is 4.11. The maximum absolute atomic E-state index is 5.51. The molecule has 1 fully saturated rings. The molecule has 1 atom stereocenters. The van der Waals surface area contributed by atoms with Crippen LogP contribution in [-0.2, 0) is 4.74 Å². The van der Waals surface area contributed by atoms with Crippen LogP contribution in [0, 0.1) is 5.92 Å². The van der Waals surface area contributed by atoms with Crippen LogP contribution in [0.5, 0.6) is 0 Å². The lowest BCUT2D eigenvalue weighted by molar-refractivity contribution is 0.0670. The van der Waals surface area contributed by atoms with Gasteiger partial charge in [0.1, 0.15) is 0 Å². The van der Waals surface area contributed by atoms with Crippen molar-refractivity contribution in [2.45, 2.75) is 26.2 Å². The standard InChI is InChI=1S/C11H24N2O/c1-2-14-10-11-5-3-7-13(9-11)8-4-6-12/h11H,2-10,12H2,1H3/t11-/m0/s1. The zero-order chi connectivity index (χ0) is 10.2. The summed E-state index contributed by atoms with van der Waals surface area (Å²) in [5, 5.41) is 0. The maximum atomic E-state index is 5.51. The summed E-state index contributed by atoms with van der Waals surface area (Å²) in [6.07, 6.45) is 3.78. The van der Waals surface area contributed by atoms with Gasteiger partial charge in [0.05, 0.1) is 6.61 Å². The number of nitrogens with zero attached hydrogens (tertiary/aromatic N) is 1. The molecule has 2 N–H and O–H groups in total. The van der Waals surface area contributed by atoms with Crippen molar-refractivity contribution in [1.82, 2.24) is 4.90 Å². The molecule has 1 rings (SSSR count). The highest BCUT2D eigenvalue weighted by molar-refractivity contribution is 4.72. The lowest BCUT2D eigenvalue weighted by Crippen LogP contribution is -2.38. The van der Waals surface area contributed by atoms with Gasteiger partial charge < -0.3 is 15.4 Å². The lowest BCUT2D eigenvalue weighted by Gasteiger charge is -2.32. The van der Waals surface area contributed by atoms with Crippen LogP contribution < -0.4 is 5.73 Å². The summed E-state index contributed by atoms with van der Waals surface area (Å²) in [7, 11) is 0. The molecule has 1 heterocycles. The molecule has 0 aromatic rings. The Morgan fingerprint density at radius 1 is 1.50 bits per heavy atom. The number of nitrogens with two attached hydrogens (primary N) is 1. The molecule has 0 amide bonds. The highest BCUT2D eigenvalue weighted by Crippen LogP contribution is 2.16. The first-order chi connectivity index (χ1) is 6.86. The molecule has 3 nitrogen and oxygen atoms in total. The molecule has 0 bridgehead atoms. The zero-order valence-corrected chi connectivity index (χ0v) is 9.37. The highest BCUT2D eigenvalue weighted by Gasteiger charge is 2.18. The van der Waals surface area contributed by atoms with Gasteiger partial charge in [0.2, 0.25) is 0 Å². The van der Waals surface area contributed by atoms with Crippen molar-refractivity contribution in [1.29, 1.82) is 0 Å². The van der Waals surface area contributed by atoms with E-state index in [1.54, 1.807) is 0 Å². The Morgan fingerprint density at radius 2 is 2.36 bits per heavy atom. The van der Waals surface area contributed by atoms with E-state index >= 15 is 0 Å². The van der Waals surface area contributed by atoms with Gasteiger partial charge in [-0.25, -0.2) is 0 Å². The van der Waals surface area contributed by atoms with Crippen LogP contribution in [0.25, 0.3) is 0 Å². The predicted octanol–water partition coefficient (Wildman–Crippen LogP) is 1.08. The summed E-state index contributed by atoms with van der Waals surface area (Å²) in [6, 6.07) is 0. The van der Waals surface area contributed by atoms with E-state index in [2.05, 4.69) is 11.8 Å². The number of hydrogen-bond acceptors (Lipinski definition) is 3. The first kappa shape index (κ1) is 12.0. The van der Waals surface area contributed by atoms with Crippen molar-refractivity contribution >= 4 is 0 Å². The summed E-state index contributed by atoms with van der Waals surface area (Å²) in [6.45, 7) is 8.29. The van der Waals surface area contributed by atoms with Crippen LogP contribution in [-0.4, -0.2) is 44.3 Å². The second kappa shape index (κ2) is 7.21. The molecule has 0 saturated carbocycles. The molecule has 1 aliphatic rings. The minimum absolute atomic E-state index is 0.751. The third kappa shape index (κ3) is 4.40. The van der Waals surface area contributed by atoms with Crippen LogP contribution in [0.2, 0.25) is 0 Å². The van der Waals surface area contributed by atoms with Crippen LogP contribution >= 0.6 is 0 Å². The molecule has 0 aromatic heterocycles. The van der Waals surface area contributed by atoms with Crippen LogP contribution in [0.4, 0.5) is 0 Å². The van der Waals surface area contributed by atoms with E-state index in [1.165, 1.54) is 32.5 Å². The third-order valence-electron chi connectivity index (χ3n) is 2.84. The molecule has 84 valence electrons. The Hall–Kier alpha value is -0.120. The lowest BCUT2D eigenvalue weighted by atomic mass is 9.99. The van der Waals surface area contributed by atoms with Crippen LogP contribution in [0.1, 0.15) is 26.2 Å². The second-order valence-electron chi connectivity index (χ2n) is 4.11. The largest absolute Gasteiger partial charge is 0.381 e. The molecule has 1 saturated heterocycles. The van der Waals surface area contributed by atoms with Crippen molar-refractivity contribution in [2.24, 2.45) is 11.7 Å². The molecule has 0 spiro atoms. The van der Waals surface area contributed by atoms with Crippen LogP contribution in [0.15, 0.2) is 0 Å². The van der Waals surface area contributed by atoms with Gasteiger partial charge in [-0.1, -0.05) is 0 Å². The van der Waals surface area contributed by atoms with E-state index in [-0.39, 0.29) is 0 Å². The van der Waals surface area contributed by atoms with Gasteiger partial charge in [-0.2, -0.15) is 0 Å². The summed E-state index contributed by atoms with van der Waals surface area (Å²) >= 11 is 0. The fourth-order valence-corrected chi connectivity index (χ4v) is 2.09. The number of likely N-dealkylation sites (tertiary alicyclic amines) is 1. The molecular formula is C11H24N2O. The molecule has 14 heavy (non-hydrogen) atoms. The maximum Gasteiger partial charge on any atom is 0.0506 e. The fraction of sp³-hybridized carbons (Fsp3) is 1.00. The normalized spacial score (nSPS) is 24.0. The number of hydrogen-bond donors (Lipinski definition) is 1. The average Bonchev–Trinajstić information content (AvgIpc) is 2.24. The van der Waals surface area contributed by atoms with E-state index in [0.717, 1.165) is 32.1 Å². The van der Waals surface area contributed by atoms with Crippen molar-refractivity contribution in [3.8, 4) is 0 Å². The summed E-state index contributed by atoms with van der Waals surface area (Å²) in [4.78, 5) is 2.53. The first-order valence-electron chi connectivity index (χ1n) is 5.87. The monoisotopic (exact) mass is 200 g/mol. The molecule has 0 radical (unpaired) electrons. The average molecular weight is 200 g/mol. The molecule has 0 aliphatic carbocycles. The zero-order valence-electron chi connectivity index (χ0n) is 9.37. The number of ether oxygens (including phenoxy) is 1. The minimum atomic E-state index is 0.751. The van der Waals surface area contributed by atoms with Crippen LogP contribution in [0.3, 0.4) is 0 Å². The van der Waals surface area contributed by atoms with E-state index in [1.807, 2.05) is 0 Å². The van der Waals surface area contributed by atoms with Crippen molar-refractivity contribution in [3.05, 3.63) is 0 Å². The van der Waals surface area contributed by atoms with Crippen molar-refractivity contribution in [3.63, 3.8) is 0 Å². The molecule has 3 heteroatoms. The summed E-state index contributed by atoms with van der Waals surface area (Å²) < 4.78 is 5.47. The Bertz CT molecular complexity index is 127.